The van der Waals surface area contributed by atoms with Gasteiger partial charge in [-0.2, -0.15) is 9.57 Å². The SMILES string of the molecule is CC(C)(C)n1cc(C#N)cc1NC(=O)C1CCCN(S(=O)(=O)c2ccc(Br)cc2)C1. The van der Waals surface area contributed by atoms with Gasteiger partial charge >= 0.3 is 0 Å². The Labute approximate surface area is 185 Å². The number of piperidine rings is 1. The summed E-state index contributed by atoms with van der Waals surface area (Å²) in [6.07, 6.45) is 2.93. The van der Waals surface area contributed by atoms with Gasteiger partial charge in [0.2, 0.25) is 15.9 Å². The second kappa shape index (κ2) is 8.53. The highest BCUT2D eigenvalue weighted by Crippen LogP contribution is 2.28. The van der Waals surface area contributed by atoms with Gasteiger partial charge in [-0.15, -0.1) is 0 Å². The number of nitrogens with zero attached hydrogens (tertiary/aromatic N) is 3. The van der Waals surface area contributed by atoms with Gasteiger partial charge in [-0.1, -0.05) is 15.9 Å². The quantitative estimate of drug-likeness (QED) is 0.699. The van der Waals surface area contributed by atoms with Crippen LogP contribution in [-0.4, -0.2) is 36.3 Å². The standard InChI is InChI=1S/C21H25BrN4O3S/c1-21(2,3)26-13-15(12-23)11-19(26)24-20(27)16-5-4-10-25(14-16)30(28,29)18-8-6-17(22)7-9-18/h6-9,11,13,16H,4-5,10,14H2,1-3H3,(H,24,27). The molecule has 160 valence electrons. The summed E-state index contributed by atoms with van der Waals surface area (Å²) < 4.78 is 30.0. The number of aromatic nitrogens is 1. The average molecular weight is 493 g/mol. The van der Waals surface area contributed by atoms with Crippen LogP contribution >= 0.6 is 15.9 Å². The largest absolute Gasteiger partial charge is 0.328 e. The van der Waals surface area contributed by atoms with Crippen molar-refractivity contribution in [1.82, 2.24) is 8.87 Å². The van der Waals surface area contributed by atoms with Crippen molar-refractivity contribution in [2.75, 3.05) is 18.4 Å². The number of halogens is 1. The van der Waals surface area contributed by atoms with Gasteiger partial charge in [0.15, 0.2) is 0 Å². The molecule has 1 aromatic carbocycles. The number of amides is 1. The fourth-order valence-corrected chi connectivity index (χ4v) is 5.32. The van der Waals surface area contributed by atoms with E-state index in [2.05, 4.69) is 27.3 Å². The van der Waals surface area contributed by atoms with Crippen molar-refractivity contribution in [2.24, 2.45) is 5.92 Å². The minimum atomic E-state index is -3.67. The Morgan fingerprint density at radius 2 is 1.93 bits per heavy atom. The van der Waals surface area contributed by atoms with Gasteiger partial charge in [0.05, 0.1) is 16.4 Å². The number of carbonyl (C=O) groups excluding carboxylic acids is 1. The summed E-state index contributed by atoms with van der Waals surface area (Å²) in [7, 11) is -3.67. The van der Waals surface area contributed by atoms with Gasteiger partial charge in [-0.05, 0) is 63.9 Å². The van der Waals surface area contributed by atoms with Crippen LogP contribution in [0.2, 0.25) is 0 Å². The minimum Gasteiger partial charge on any atom is -0.328 e. The molecule has 1 aliphatic heterocycles. The highest BCUT2D eigenvalue weighted by molar-refractivity contribution is 9.10. The Balaban J connectivity index is 1.78. The molecule has 1 amide bonds. The van der Waals surface area contributed by atoms with Crippen molar-refractivity contribution >= 4 is 37.7 Å². The number of anilines is 1. The summed E-state index contributed by atoms with van der Waals surface area (Å²) >= 11 is 3.31. The zero-order valence-corrected chi connectivity index (χ0v) is 19.6. The van der Waals surface area contributed by atoms with E-state index in [-0.39, 0.29) is 22.9 Å². The van der Waals surface area contributed by atoms with E-state index in [0.717, 1.165) is 4.47 Å². The van der Waals surface area contributed by atoms with Crippen molar-refractivity contribution in [3.05, 3.63) is 46.6 Å². The molecule has 3 rings (SSSR count). The van der Waals surface area contributed by atoms with Crippen LogP contribution in [0.5, 0.6) is 0 Å². The molecule has 1 aromatic heterocycles. The van der Waals surface area contributed by atoms with Crippen molar-refractivity contribution < 1.29 is 13.2 Å². The van der Waals surface area contributed by atoms with Gasteiger partial charge in [0, 0.05) is 29.3 Å². The number of sulfonamides is 1. The molecule has 1 atom stereocenters. The molecule has 0 saturated carbocycles. The number of nitrogens with one attached hydrogen (secondary N) is 1. The maximum absolute atomic E-state index is 13.0. The molecule has 0 spiro atoms. The summed E-state index contributed by atoms with van der Waals surface area (Å²) in [4.78, 5) is 13.2. The molecule has 1 aliphatic rings. The number of nitriles is 1. The molecule has 0 bridgehead atoms. The lowest BCUT2D eigenvalue weighted by Gasteiger charge is -2.31. The van der Waals surface area contributed by atoms with Crippen molar-refractivity contribution in [3.63, 3.8) is 0 Å². The Morgan fingerprint density at radius 1 is 1.27 bits per heavy atom. The Bertz CT molecular complexity index is 1080. The molecule has 2 aromatic rings. The lowest BCUT2D eigenvalue weighted by atomic mass is 9.99. The lowest BCUT2D eigenvalue weighted by molar-refractivity contribution is -0.120. The Hall–Kier alpha value is -2.15. The number of hydrogen-bond donors (Lipinski definition) is 1. The molecular formula is C21H25BrN4O3S. The van der Waals surface area contributed by atoms with Crippen molar-refractivity contribution in [2.45, 2.75) is 44.0 Å². The molecule has 9 heteroatoms. The predicted molar refractivity (Wildman–Crippen MR) is 118 cm³/mol. The number of hydrogen-bond acceptors (Lipinski definition) is 4. The molecule has 0 radical (unpaired) electrons. The third-order valence-electron chi connectivity index (χ3n) is 5.13. The zero-order valence-electron chi connectivity index (χ0n) is 17.2. The number of carbonyl (C=O) groups is 1. The first-order chi connectivity index (χ1) is 14.0. The van der Waals surface area contributed by atoms with Gasteiger partial charge in [-0.25, -0.2) is 8.42 Å². The Morgan fingerprint density at radius 3 is 2.53 bits per heavy atom. The fraction of sp³-hybridized carbons (Fsp3) is 0.429. The smallest absolute Gasteiger partial charge is 0.243 e. The van der Waals surface area contributed by atoms with E-state index in [1.165, 1.54) is 4.31 Å². The highest BCUT2D eigenvalue weighted by atomic mass is 79.9. The third kappa shape index (κ3) is 4.77. The lowest BCUT2D eigenvalue weighted by Crippen LogP contribution is -2.44. The van der Waals surface area contributed by atoms with Crippen LogP contribution in [0, 0.1) is 17.2 Å². The average Bonchev–Trinajstić information content (AvgIpc) is 3.12. The van der Waals surface area contributed by atoms with E-state index in [1.807, 2.05) is 25.3 Å². The molecule has 1 fully saturated rings. The second-order valence-corrected chi connectivity index (χ2v) is 11.3. The van der Waals surface area contributed by atoms with Crippen LogP contribution in [0.3, 0.4) is 0 Å². The van der Waals surface area contributed by atoms with Gasteiger partial charge < -0.3 is 9.88 Å². The monoisotopic (exact) mass is 492 g/mol. The molecule has 0 aliphatic carbocycles. The van der Waals surface area contributed by atoms with E-state index in [4.69, 9.17) is 0 Å². The van der Waals surface area contributed by atoms with Crippen LogP contribution in [0.25, 0.3) is 0 Å². The molecule has 30 heavy (non-hydrogen) atoms. The fourth-order valence-electron chi connectivity index (χ4n) is 3.53. The summed E-state index contributed by atoms with van der Waals surface area (Å²) in [5, 5.41) is 12.1. The third-order valence-corrected chi connectivity index (χ3v) is 7.54. The van der Waals surface area contributed by atoms with Crippen LogP contribution in [0.4, 0.5) is 5.82 Å². The van der Waals surface area contributed by atoms with E-state index in [0.29, 0.717) is 30.8 Å². The summed E-state index contributed by atoms with van der Waals surface area (Å²) in [5.41, 5.74) is 0.143. The summed E-state index contributed by atoms with van der Waals surface area (Å²) in [5.74, 6) is -0.159. The molecular weight excluding hydrogens is 468 g/mol. The highest BCUT2D eigenvalue weighted by Gasteiger charge is 2.34. The molecule has 1 N–H and O–H groups in total. The maximum atomic E-state index is 13.0. The first-order valence-electron chi connectivity index (χ1n) is 9.72. The van der Waals surface area contributed by atoms with Crippen LogP contribution in [0.15, 0.2) is 45.9 Å². The van der Waals surface area contributed by atoms with Gasteiger partial charge in [0.25, 0.3) is 0 Å². The maximum Gasteiger partial charge on any atom is 0.243 e. The number of benzene rings is 1. The van der Waals surface area contributed by atoms with Crippen molar-refractivity contribution in [3.8, 4) is 6.07 Å². The number of rotatable bonds is 4. The first kappa shape index (κ1) is 22.5. The molecule has 7 nitrogen and oxygen atoms in total. The Kier molecular flexibility index (Phi) is 6.41. The second-order valence-electron chi connectivity index (χ2n) is 8.41. The van der Waals surface area contributed by atoms with Gasteiger partial charge in [0.1, 0.15) is 11.9 Å². The summed E-state index contributed by atoms with van der Waals surface area (Å²) in [6, 6.07) is 10.2. The summed E-state index contributed by atoms with van der Waals surface area (Å²) in [6.45, 7) is 6.47. The normalized spacial score (nSPS) is 18.0. The van der Waals surface area contributed by atoms with Gasteiger partial charge in [-0.3, -0.25) is 4.79 Å². The van der Waals surface area contributed by atoms with E-state index < -0.39 is 15.9 Å². The van der Waals surface area contributed by atoms with Crippen LogP contribution < -0.4 is 5.32 Å². The predicted octanol–water partition coefficient (Wildman–Crippen LogP) is 3.92. The van der Waals surface area contributed by atoms with E-state index in [9.17, 15) is 18.5 Å². The van der Waals surface area contributed by atoms with Crippen LogP contribution in [0.1, 0.15) is 39.2 Å². The molecule has 2 heterocycles. The molecule has 1 saturated heterocycles. The zero-order chi connectivity index (χ0) is 22.1. The van der Waals surface area contributed by atoms with E-state index >= 15 is 0 Å². The minimum absolute atomic E-state index is 0.131. The van der Waals surface area contributed by atoms with Crippen LogP contribution in [-0.2, 0) is 20.4 Å². The van der Waals surface area contributed by atoms with Crippen molar-refractivity contribution in [1.29, 1.82) is 5.26 Å². The molecule has 1 unspecified atom stereocenters. The first-order valence-corrected chi connectivity index (χ1v) is 12.0. The van der Waals surface area contributed by atoms with E-state index in [1.54, 1.807) is 36.5 Å². The topological polar surface area (TPSA) is 95.2 Å².